The Bertz CT molecular complexity index is 2690. The number of rotatable bonds is 7. The number of hydrogen-bond donors (Lipinski definition) is 3. The van der Waals surface area contributed by atoms with Crippen molar-refractivity contribution in [2.45, 2.75) is 94.3 Å². The first kappa shape index (κ1) is 39.4. The molecule has 11 heteroatoms. The Kier molecular flexibility index (Phi) is 9.18. The van der Waals surface area contributed by atoms with Gasteiger partial charge in [-0.1, -0.05) is 33.4 Å². The summed E-state index contributed by atoms with van der Waals surface area (Å²) in [6.45, 7) is 5.13. The van der Waals surface area contributed by atoms with Gasteiger partial charge in [0.05, 0.1) is 10.8 Å². The van der Waals surface area contributed by atoms with Crippen LogP contribution in [-0.4, -0.2) is 39.7 Å². The Labute approximate surface area is 350 Å². The zero-order chi connectivity index (χ0) is 40.9. The van der Waals surface area contributed by atoms with Gasteiger partial charge < -0.3 is 44.2 Å². The third-order valence-electron chi connectivity index (χ3n) is 13.8. The maximum atomic E-state index is 13.2. The number of anilines is 2. The van der Waals surface area contributed by atoms with Crippen LogP contribution in [0.4, 0.5) is 11.4 Å². The fourth-order valence-corrected chi connectivity index (χ4v) is 9.00. The summed E-state index contributed by atoms with van der Waals surface area (Å²) < 4.78 is 25.9. The summed E-state index contributed by atoms with van der Waals surface area (Å²) in [5.41, 5.74) is 14.3. The quantitative estimate of drug-likeness (QED) is 0.136. The lowest BCUT2D eigenvalue weighted by atomic mass is 9.94. The van der Waals surface area contributed by atoms with Gasteiger partial charge in [0.25, 0.3) is 0 Å². The molecule has 0 saturated heterocycles. The van der Waals surface area contributed by atoms with Crippen LogP contribution in [0.1, 0.15) is 95.2 Å². The van der Waals surface area contributed by atoms with Crippen molar-refractivity contribution in [2.75, 3.05) is 24.6 Å². The second-order valence-electron chi connectivity index (χ2n) is 17.9. The maximum Gasteiger partial charge on any atom is 0.314 e. The molecule has 4 fully saturated rings. The Morgan fingerprint density at radius 1 is 0.600 bits per heavy atom. The molecule has 4 heterocycles. The summed E-state index contributed by atoms with van der Waals surface area (Å²) in [6, 6.07) is 28.2. The zero-order valence-corrected chi connectivity index (χ0v) is 34.0. The number of carbonyl (C=O) groups excluding carboxylic acids is 1. The van der Waals surface area contributed by atoms with Crippen molar-refractivity contribution >= 4 is 45.1 Å². The van der Waals surface area contributed by atoms with Crippen LogP contribution in [0.5, 0.6) is 23.0 Å². The van der Waals surface area contributed by atoms with Crippen molar-refractivity contribution < 1.29 is 33.6 Å². The molecular weight excluding hydrogens is 757 g/mol. The van der Waals surface area contributed by atoms with E-state index in [1.165, 1.54) is 58.9 Å². The van der Waals surface area contributed by atoms with Crippen LogP contribution >= 0.6 is 0 Å². The smallest absolute Gasteiger partial charge is 0.314 e. The topological polar surface area (TPSA) is 139 Å². The number of ether oxygens (including phenoxy) is 4. The van der Waals surface area contributed by atoms with E-state index in [1.54, 1.807) is 12.1 Å². The molecule has 1 amide bonds. The minimum Gasteiger partial charge on any atom is -0.481 e. The number of fused-ring (bicyclic) bond motifs is 4. The lowest BCUT2D eigenvalue weighted by Gasteiger charge is -2.16. The van der Waals surface area contributed by atoms with E-state index < -0.39 is 16.8 Å². The lowest BCUT2D eigenvalue weighted by Crippen LogP contribution is -2.27. The number of benzene rings is 4. The summed E-state index contributed by atoms with van der Waals surface area (Å²) in [4.78, 5) is 24.3. The van der Waals surface area contributed by atoms with E-state index in [0.29, 0.717) is 35.2 Å². The van der Waals surface area contributed by atoms with Crippen LogP contribution in [0.25, 0.3) is 21.8 Å². The molecule has 4 aromatic carbocycles. The number of nitrogens with one attached hydrogen (secondary N) is 1. The van der Waals surface area contributed by atoms with Crippen LogP contribution in [0.3, 0.4) is 0 Å². The average Bonchev–Trinajstić information content (AvgIpc) is 4.19. The van der Waals surface area contributed by atoms with Gasteiger partial charge in [-0.3, -0.25) is 9.59 Å². The number of carbonyl (C=O) groups is 2. The summed E-state index contributed by atoms with van der Waals surface area (Å²) in [6.07, 6.45) is 8.25. The van der Waals surface area contributed by atoms with Gasteiger partial charge in [0.15, 0.2) is 23.0 Å². The molecule has 6 aromatic rings. The third-order valence-corrected chi connectivity index (χ3v) is 13.8. The van der Waals surface area contributed by atoms with Crippen LogP contribution < -0.4 is 30.0 Å². The van der Waals surface area contributed by atoms with Gasteiger partial charge in [-0.2, -0.15) is 0 Å². The summed E-state index contributed by atoms with van der Waals surface area (Å²) >= 11 is 0. The van der Waals surface area contributed by atoms with E-state index in [4.69, 9.17) is 29.8 Å². The molecule has 0 spiro atoms. The van der Waals surface area contributed by atoms with Crippen molar-refractivity contribution in [1.29, 1.82) is 0 Å². The number of nitrogens with zero attached hydrogens (tertiary/aromatic N) is 2. The first-order valence-electron chi connectivity index (χ1n) is 20.6. The molecule has 0 bridgehead atoms. The van der Waals surface area contributed by atoms with Crippen LogP contribution in [0, 0.1) is 0 Å². The molecule has 2 aliphatic heterocycles. The predicted molar refractivity (Wildman–Crippen MR) is 233 cm³/mol. The van der Waals surface area contributed by atoms with Gasteiger partial charge in [-0.05, 0) is 135 Å². The maximum absolute atomic E-state index is 13.2. The average molecular weight is 811 g/mol. The number of hydrogen-bond acceptors (Lipinski definition) is 7. The highest BCUT2D eigenvalue weighted by Gasteiger charge is 2.53. The number of nitrogen functional groups attached to an aromatic ring is 1. The highest BCUT2D eigenvalue weighted by molar-refractivity contribution is 6.02. The molecule has 0 unspecified atom stereocenters. The second kappa shape index (κ2) is 14.0. The van der Waals surface area contributed by atoms with Crippen LogP contribution in [-0.2, 0) is 45.3 Å². The lowest BCUT2D eigenvalue weighted by molar-refractivity contribution is -0.140. The first-order valence-corrected chi connectivity index (χ1v) is 20.6. The fourth-order valence-electron chi connectivity index (χ4n) is 9.00. The van der Waals surface area contributed by atoms with Gasteiger partial charge >= 0.3 is 5.97 Å². The normalized spacial score (nSPS) is 19.2. The molecule has 12 rings (SSSR count). The zero-order valence-electron chi connectivity index (χ0n) is 34.0. The van der Waals surface area contributed by atoms with Gasteiger partial charge in [-0.25, -0.2) is 0 Å². The molecular formula is C49H54N4O7. The summed E-state index contributed by atoms with van der Waals surface area (Å²) in [5.74, 6) is 2.13. The molecule has 312 valence electrons. The van der Waals surface area contributed by atoms with Crippen molar-refractivity contribution in [1.82, 2.24) is 9.13 Å². The fraction of sp³-hybridized carbons (Fsp3) is 0.388. The van der Waals surface area contributed by atoms with E-state index >= 15 is 0 Å². The van der Waals surface area contributed by atoms with E-state index in [1.807, 2.05) is 36.4 Å². The molecule has 0 atom stereocenters. The largest absolute Gasteiger partial charge is 0.481 e. The van der Waals surface area contributed by atoms with Gasteiger partial charge in [0.2, 0.25) is 19.5 Å². The van der Waals surface area contributed by atoms with Crippen molar-refractivity contribution in [2.24, 2.45) is 14.1 Å². The Hall–Kier alpha value is -6.10. The monoisotopic (exact) mass is 810 g/mol. The van der Waals surface area contributed by atoms with E-state index in [9.17, 15) is 9.59 Å². The highest BCUT2D eigenvalue weighted by Crippen LogP contribution is 2.53. The SMILES string of the molecule is C.Cn1c(C2(C)CC2)cc2cc(N)ccc21.Cn1c(C2(C)CC2)cc2cc(NC(=O)C3(c4ccc5c(c4)OCO5)CC3)ccc21.O=C(O)C1(c2ccc3c(c2)OCO3)CC1. The predicted octanol–water partition coefficient (Wildman–Crippen LogP) is 9.61. The number of amides is 1. The molecule has 4 N–H and O–H groups in total. The highest BCUT2D eigenvalue weighted by atomic mass is 16.7. The molecule has 11 nitrogen and oxygen atoms in total. The number of carboxylic acids is 1. The number of aromatic nitrogens is 2. The standard InChI is InChI=1S/C24H24N2O3.C13H16N2.C11H10O4.CH4/c1-23(7-8-23)21-12-15-11-17(4-5-18(15)26(21)2)25-22(27)24(9-10-24)16-3-6-19-20(13-16)29-14-28-19;1-13(5-6-13)12-8-9-7-10(14)3-4-11(9)15(12)2;12-10(13)11(3-4-11)7-1-2-8-9(5-7)15-6-14-8;/h3-6,11-13H,7-10,14H2,1-2H3,(H,25,27);3-4,7-8H,5-6,14H2,1-2H3;1-2,5H,3-4,6H2,(H,12,13);1H4. The number of aryl methyl sites for hydroxylation is 2. The second-order valence-corrected chi connectivity index (χ2v) is 17.9. The number of nitrogens with two attached hydrogens (primary N) is 1. The molecule has 4 aliphatic carbocycles. The van der Waals surface area contributed by atoms with Crippen LogP contribution in [0.2, 0.25) is 0 Å². The Balaban J connectivity index is 0.000000126. The van der Waals surface area contributed by atoms with Gasteiger partial charge in [-0.15, -0.1) is 0 Å². The van der Waals surface area contributed by atoms with Gasteiger partial charge in [0, 0.05) is 69.5 Å². The van der Waals surface area contributed by atoms with E-state index in [0.717, 1.165) is 46.8 Å². The number of aliphatic carboxylic acids is 1. The Morgan fingerprint density at radius 2 is 1.07 bits per heavy atom. The first-order chi connectivity index (χ1) is 28.3. The molecule has 60 heavy (non-hydrogen) atoms. The van der Waals surface area contributed by atoms with E-state index in [2.05, 4.69) is 78.8 Å². The van der Waals surface area contributed by atoms with Gasteiger partial charge in [0.1, 0.15) is 0 Å². The minimum absolute atomic E-state index is 0. The third kappa shape index (κ3) is 6.68. The summed E-state index contributed by atoms with van der Waals surface area (Å²) in [5, 5.41) is 14.7. The Morgan fingerprint density at radius 3 is 1.55 bits per heavy atom. The summed E-state index contributed by atoms with van der Waals surface area (Å²) in [7, 11) is 4.29. The number of carboxylic acid groups (broad SMARTS) is 1. The minimum atomic E-state index is -0.749. The molecule has 6 aliphatic rings. The molecule has 0 radical (unpaired) electrons. The van der Waals surface area contributed by atoms with E-state index in [-0.39, 0.29) is 26.9 Å². The van der Waals surface area contributed by atoms with Crippen molar-refractivity contribution in [3.8, 4) is 23.0 Å². The molecule has 2 aromatic heterocycles. The molecule has 4 saturated carbocycles. The van der Waals surface area contributed by atoms with Crippen LogP contribution in [0.15, 0.2) is 84.9 Å². The van der Waals surface area contributed by atoms with Crippen molar-refractivity contribution in [3.05, 3.63) is 107 Å². The van der Waals surface area contributed by atoms with Crippen molar-refractivity contribution in [3.63, 3.8) is 0 Å².